The molecule has 2 aliphatic rings. The summed E-state index contributed by atoms with van der Waals surface area (Å²) < 4.78 is 14.8. The fourth-order valence-corrected chi connectivity index (χ4v) is 4.59. The van der Waals surface area contributed by atoms with Gasteiger partial charge in [-0.2, -0.15) is 4.98 Å². The van der Waals surface area contributed by atoms with Crippen LogP contribution >= 0.6 is 0 Å². The number of alkyl halides is 1. The van der Waals surface area contributed by atoms with Crippen molar-refractivity contribution in [2.24, 2.45) is 0 Å². The molecule has 0 spiro atoms. The number of fused-ring (bicyclic) bond motifs is 1. The number of pyridine rings is 1. The van der Waals surface area contributed by atoms with Gasteiger partial charge in [0.2, 0.25) is 5.95 Å². The molecule has 0 atom stereocenters. The fourth-order valence-electron chi connectivity index (χ4n) is 4.59. The van der Waals surface area contributed by atoms with Crippen LogP contribution in [0.5, 0.6) is 0 Å². The van der Waals surface area contributed by atoms with Gasteiger partial charge in [-0.05, 0) is 31.0 Å². The minimum atomic E-state index is -0.277. The molecule has 3 aromatic rings. The van der Waals surface area contributed by atoms with Crippen LogP contribution in [0.1, 0.15) is 31.7 Å². The zero-order valence-corrected chi connectivity index (χ0v) is 17.2. The van der Waals surface area contributed by atoms with E-state index in [0.29, 0.717) is 18.5 Å². The normalized spacial score (nSPS) is 18.4. The van der Waals surface area contributed by atoms with Crippen molar-refractivity contribution in [3.05, 3.63) is 36.8 Å². The van der Waals surface area contributed by atoms with Gasteiger partial charge in [-0.1, -0.05) is 12.8 Å². The fraction of sp³-hybridized carbons (Fsp3) is 0.500. The second kappa shape index (κ2) is 8.55. The third-order valence-electron chi connectivity index (χ3n) is 6.30. The Kier molecular flexibility index (Phi) is 5.48. The Labute approximate surface area is 175 Å². The van der Waals surface area contributed by atoms with Gasteiger partial charge < -0.3 is 14.8 Å². The highest BCUT2D eigenvalue weighted by Crippen LogP contribution is 2.32. The molecule has 1 aliphatic heterocycles. The molecule has 0 bridgehead atoms. The van der Waals surface area contributed by atoms with Crippen LogP contribution < -0.4 is 10.2 Å². The number of piperazine rings is 1. The summed E-state index contributed by atoms with van der Waals surface area (Å²) in [5, 5.41) is 4.31. The Balaban J connectivity index is 1.27. The van der Waals surface area contributed by atoms with Gasteiger partial charge in [0, 0.05) is 56.5 Å². The maximum atomic E-state index is 12.5. The van der Waals surface area contributed by atoms with Crippen molar-refractivity contribution >= 4 is 28.5 Å². The number of rotatable bonds is 6. The first kappa shape index (κ1) is 19.2. The largest absolute Gasteiger partial charge is 0.368 e. The van der Waals surface area contributed by atoms with Gasteiger partial charge in [0.15, 0.2) is 0 Å². The van der Waals surface area contributed by atoms with Gasteiger partial charge >= 0.3 is 0 Å². The van der Waals surface area contributed by atoms with Crippen molar-refractivity contribution < 1.29 is 4.39 Å². The first-order chi connectivity index (χ1) is 14.8. The first-order valence-corrected chi connectivity index (χ1v) is 10.9. The number of hydrogen-bond acceptors (Lipinski definition) is 6. The quantitative estimate of drug-likeness (QED) is 0.669. The summed E-state index contributed by atoms with van der Waals surface area (Å²) in [6.45, 7) is 3.82. The molecule has 4 heterocycles. The minimum Gasteiger partial charge on any atom is -0.368 e. The zero-order chi connectivity index (χ0) is 20.3. The van der Waals surface area contributed by atoms with Gasteiger partial charge in [0.25, 0.3) is 0 Å². The molecule has 1 saturated heterocycles. The van der Waals surface area contributed by atoms with E-state index in [1.54, 1.807) is 0 Å². The number of aromatic nitrogens is 4. The minimum absolute atomic E-state index is 0.277. The highest BCUT2D eigenvalue weighted by Gasteiger charge is 2.19. The molecule has 0 unspecified atom stereocenters. The SMILES string of the molecule is FCCN1CCN(c2ccc(Nc3ncc4ccn(C5CCCC5)c4n3)nc2)CC1. The zero-order valence-electron chi connectivity index (χ0n) is 17.2. The highest BCUT2D eigenvalue weighted by molar-refractivity contribution is 5.77. The summed E-state index contributed by atoms with van der Waals surface area (Å²) in [7, 11) is 0. The second-order valence-corrected chi connectivity index (χ2v) is 8.18. The molecule has 3 aromatic heterocycles. The van der Waals surface area contributed by atoms with Gasteiger partial charge in [0.05, 0.1) is 11.9 Å². The van der Waals surface area contributed by atoms with E-state index in [1.165, 1.54) is 25.7 Å². The lowest BCUT2D eigenvalue weighted by molar-refractivity contribution is 0.235. The molecule has 1 saturated carbocycles. The summed E-state index contributed by atoms with van der Waals surface area (Å²) in [5.41, 5.74) is 2.08. The lowest BCUT2D eigenvalue weighted by atomic mass is 10.2. The molecule has 0 amide bonds. The van der Waals surface area contributed by atoms with E-state index in [-0.39, 0.29) is 6.67 Å². The molecule has 1 N–H and O–H groups in total. The molecule has 1 aliphatic carbocycles. The number of nitrogens with zero attached hydrogens (tertiary/aromatic N) is 6. The molecule has 30 heavy (non-hydrogen) atoms. The van der Waals surface area contributed by atoms with Crippen molar-refractivity contribution in [2.45, 2.75) is 31.7 Å². The Bertz CT molecular complexity index is 973. The van der Waals surface area contributed by atoms with Crippen molar-refractivity contribution in [3.63, 3.8) is 0 Å². The monoisotopic (exact) mass is 409 g/mol. The Morgan fingerprint density at radius 2 is 1.83 bits per heavy atom. The average molecular weight is 410 g/mol. The van der Waals surface area contributed by atoms with Gasteiger partial charge in [0.1, 0.15) is 18.1 Å². The molecule has 5 rings (SSSR count). The van der Waals surface area contributed by atoms with Gasteiger partial charge in [-0.3, -0.25) is 4.90 Å². The molecule has 0 radical (unpaired) electrons. The van der Waals surface area contributed by atoms with E-state index in [4.69, 9.17) is 4.98 Å². The first-order valence-electron chi connectivity index (χ1n) is 10.9. The summed E-state index contributed by atoms with van der Waals surface area (Å²) in [5.74, 6) is 1.30. The molecule has 158 valence electrons. The smallest absolute Gasteiger partial charge is 0.230 e. The summed E-state index contributed by atoms with van der Waals surface area (Å²) in [4.78, 5) is 18.2. The van der Waals surface area contributed by atoms with E-state index in [0.717, 1.165) is 48.7 Å². The predicted molar refractivity (Wildman–Crippen MR) is 117 cm³/mol. The maximum absolute atomic E-state index is 12.5. The number of hydrogen-bond donors (Lipinski definition) is 1. The molecule has 7 nitrogen and oxygen atoms in total. The van der Waals surface area contributed by atoms with Crippen molar-refractivity contribution in [3.8, 4) is 0 Å². The van der Waals surface area contributed by atoms with Crippen LogP contribution in [0, 0.1) is 0 Å². The topological polar surface area (TPSA) is 62.1 Å². The number of halogens is 1. The van der Waals surface area contributed by atoms with E-state index in [1.807, 2.05) is 18.5 Å². The van der Waals surface area contributed by atoms with E-state index in [2.05, 4.69) is 48.0 Å². The van der Waals surface area contributed by atoms with Crippen LogP contribution in [0.4, 0.5) is 21.8 Å². The molecule has 0 aromatic carbocycles. The Morgan fingerprint density at radius 1 is 1.00 bits per heavy atom. The van der Waals surface area contributed by atoms with E-state index in [9.17, 15) is 4.39 Å². The maximum Gasteiger partial charge on any atom is 0.230 e. The number of anilines is 3. The van der Waals surface area contributed by atoms with Crippen LogP contribution in [-0.4, -0.2) is 63.8 Å². The van der Waals surface area contributed by atoms with Crippen molar-refractivity contribution in [1.82, 2.24) is 24.4 Å². The van der Waals surface area contributed by atoms with Crippen LogP contribution in [-0.2, 0) is 0 Å². The van der Waals surface area contributed by atoms with Gasteiger partial charge in [-0.25, -0.2) is 14.4 Å². The van der Waals surface area contributed by atoms with Crippen LogP contribution in [0.3, 0.4) is 0 Å². The highest BCUT2D eigenvalue weighted by atomic mass is 19.1. The van der Waals surface area contributed by atoms with Gasteiger partial charge in [-0.15, -0.1) is 0 Å². The third kappa shape index (κ3) is 3.96. The third-order valence-corrected chi connectivity index (χ3v) is 6.30. The Hall–Kier alpha value is -2.74. The molecular weight excluding hydrogens is 381 g/mol. The lowest BCUT2D eigenvalue weighted by Gasteiger charge is -2.35. The molecule has 2 fully saturated rings. The van der Waals surface area contributed by atoms with Crippen LogP contribution in [0.25, 0.3) is 11.0 Å². The second-order valence-electron chi connectivity index (χ2n) is 8.18. The van der Waals surface area contributed by atoms with Crippen molar-refractivity contribution in [2.75, 3.05) is 49.6 Å². The average Bonchev–Trinajstić information content (AvgIpc) is 3.45. The number of nitrogens with one attached hydrogen (secondary N) is 1. The van der Waals surface area contributed by atoms with E-state index < -0.39 is 0 Å². The molecule has 8 heteroatoms. The predicted octanol–water partition coefficient (Wildman–Crippen LogP) is 3.78. The van der Waals surface area contributed by atoms with Crippen LogP contribution in [0.2, 0.25) is 0 Å². The Morgan fingerprint density at radius 3 is 2.57 bits per heavy atom. The van der Waals surface area contributed by atoms with Crippen molar-refractivity contribution in [1.29, 1.82) is 0 Å². The lowest BCUT2D eigenvalue weighted by Crippen LogP contribution is -2.47. The summed E-state index contributed by atoms with van der Waals surface area (Å²) in [6.07, 6.45) is 10.9. The summed E-state index contributed by atoms with van der Waals surface area (Å²) in [6, 6.07) is 6.68. The summed E-state index contributed by atoms with van der Waals surface area (Å²) >= 11 is 0. The van der Waals surface area contributed by atoms with Crippen LogP contribution in [0.15, 0.2) is 36.8 Å². The molecular formula is C22H28FN7. The van der Waals surface area contributed by atoms with E-state index >= 15 is 0 Å². The standard InChI is InChI=1S/C22H28FN7/c23-8-10-28-11-13-29(14-12-28)19-5-6-20(24-16-19)26-22-25-15-17-7-9-30(21(17)27-22)18-3-1-2-4-18/h5-7,9,15-16,18H,1-4,8,10-14H2,(H,24,25,26,27).